The summed E-state index contributed by atoms with van der Waals surface area (Å²) in [5.74, 6) is -0.652. The predicted octanol–water partition coefficient (Wildman–Crippen LogP) is 2.79. The van der Waals surface area contributed by atoms with Crippen LogP contribution in [0.4, 0.5) is 0 Å². The average molecular weight is 341 g/mol. The summed E-state index contributed by atoms with van der Waals surface area (Å²) in [5.41, 5.74) is 1.17. The molecule has 0 bridgehead atoms. The van der Waals surface area contributed by atoms with Crippen LogP contribution in [0.25, 0.3) is 5.69 Å². The molecule has 0 aliphatic heterocycles. The van der Waals surface area contributed by atoms with Crippen LogP contribution in [0, 0.1) is 6.92 Å². The molecule has 1 N–H and O–H groups in total. The van der Waals surface area contributed by atoms with Gasteiger partial charge in [0.05, 0.1) is 30.3 Å². The van der Waals surface area contributed by atoms with Crippen LogP contribution in [-0.2, 0) is 9.53 Å². The zero-order valence-electron chi connectivity index (χ0n) is 14.6. The van der Waals surface area contributed by atoms with E-state index in [1.165, 1.54) is 7.11 Å². The number of benzene rings is 1. The molecule has 1 fully saturated rings. The van der Waals surface area contributed by atoms with Gasteiger partial charge < -0.3 is 10.1 Å². The second-order valence-corrected chi connectivity index (χ2v) is 6.48. The SMILES string of the molecule is COC(=O)C1(NC(=O)c2cnn(-c3ccccc3)c2C)CCCCC1. The van der Waals surface area contributed by atoms with Crippen molar-refractivity contribution < 1.29 is 14.3 Å². The molecule has 25 heavy (non-hydrogen) atoms. The monoisotopic (exact) mass is 341 g/mol. The number of hydrogen-bond acceptors (Lipinski definition) is 4. The summed E-state index contributed by atoms with van der Waals surface area (Å²) in [7, 11) is 1.36. The first-order valence-electron chi connectivity index (χ1n) is 8.58. The summed E-state index contributed by atoms with van der Waals surface area (Å²) in [6.45, 7) is 1.85. The van der Waals surface area contributed by atoms with Gasteiger partial charge in [0.2, 0.25) is 0 Å². The highest BCUT2D eigenvalue weighted by Crippen LogP contribution is 2.30. The number of amides is 1. The lowest BCUT2D eigenvalue weighted by atomic mass is 9.81. The standard InChI is InChI=1S/C19H23N3O3/c1-14-16(13-20-22(14)15-9-5-3-6-10-15)17(23)21-19(18(24)25-2)11-7-4-8-12-19/h3,5-6,9-10,13H,4,7-8,11-12H2,1-2H3,(H,21,23). The van der Waals surface area contributed by atoms with E-state index in [9.17, 15) is 9.59 Å². The van der Waals surface area contributed by atoms with Crippen LogP contribution >= 0.6 is 0 Å². The highest BCUT2D eigenvalue weighted by molar-refractivity contribution is 5.99. The third-order valence-corrected chi connectivity index (χ3v) is 4.89. The van der Waals surface area contributed by atoms with Gasteiger partial charge in [-0.15, -0.1) is 0 Å². The molecule has 6 nitrogen and oxygen atoms in total. The maximum Gasteiger partial charge on any atom is 0.331 e. The number of methoxy groups -OCH3 is 1. The first-order chi connectivity index (χ1) is 12.1. The second kappa shape index (κ2) is 7.09. The molecule has 3 rings (SSSR count). The van der Waals surface area contributed by atoms with Crippen molar-refractivity contribution in [2.45, 2.75) is 44.6 Å². The Morgan fingerprint density at radius 1 is 1.16 bits per heavy atom. The van der Waals surface area contributed by atoms with E-state index in [0.29, 0.717) is 18.4 Å². The molecule has 2 aromatic rings. The van der Waals surface area contributed by atoms with E-state index in [-0.39, 0.29) is 11.9 Å². The summed E-state index contributed by atoms with van der Waals surface area (Å²) in [6, 6.07) is 9.63. The average Bonchev–Trinajstić information content (AvgIpc) is 3.04. The Morgan fingerprint density at radius 2 is 1.84 bits per heavy atom. The quantitative estimate of drug-likeness (QED) is 0.868. The van der Waals surface area contributed by atoms with Crippen LogP contribution in [0.1, 0.15) is 48.2 Å². The minimum Gasteiger partial charge on any atom is -0.467 e. The van der Waals surface area contributed by atoms with E-state index >= 15 is 0 Å². The lowest BCUT2D eigenvalue weighted by Crippen LogP contribution is -2.56. The van der Waals surface area contributed by atoms with Gasteiger partial charge in [0, 0.05) is 0 Å². The van der Waals surface area contributed by atoms with Gasteiger partial charge in [0.1, 0.15) is 5.54 Å². The summed E-state index contributed by atoms with van der Waals surface area (Å²) in [5, 5.41) is 7.27. The number of aromatic nitrogens is 2. The van der Waals surface area contributed by atoms with Crippen LogP contribution in [0.3, 0.4) is 0 Å². The van der Waals surface area contributed by atoms with Crippen LogP contribution in [0.2, 0.25) is 0 Å². The number of nitrogens with zero attached hydrogens (tertiary/aromatic N) is 2. The lowest BCUT2D eigenvalue weighted by Gasteiger charge is -2.35. The first kappa shape index (κ1) is 17.2. The second-order valence-electron chi connectivity index (χ2n) is 6.48. The number of esters is 1. The number of hydrogen-bond donors (Lipinski definition) is 1. The fourth-order valence-electron chi connectivity index (χ4n) is 3.48. The Kier molecular flexibility index (Phi) is 4.88. The van der Waals surface area contributed by atoms with E-state index in [2.05, 4.69) is 10.4 Å². The molecule has 1 saturated carbocycles. The van der Waals surface area contributed by atoms with Crippen molar-refractivity contribution >= 4 is 11.9 Å². The number of nitrogens with one attached hydrogen (secondary N) is 1. The smallest absolute Gasteiger partial charge is 0.331 e. The summed E-state index contributed by atoms with van der Waals surface area (Å²) in [6.07, 6.45) is 5.63. The molecular weight excluding hydrogens is 318 g/mol. The normalized spacial score (nSPS) is 16.2. The van der Waals surface area contributed by atoms with Crippen LogP contribution in [-0.4, -0.2) is 34.3 Å². The molecule has 1 heterocycles. The van der Waals surface area contributed by atoms with E-state index in [4.69, 9.17) is 4.74 Å². The lowest BCUT2D eigenvalue weighted by molar-refractivity contribution is -0.149. The maximum absolute atomic E-state index is 12.8. The molecule has 0 unspecified atom stereocenters. The summed E-state index contributed by atoms with van der Waals surface area (Å²) >= 11 is 0. The Bertz CT molecular complexity index is 761. The number of carbonyl (C=O) groups is 2. The molecule has 1 amide bonds. The molecule has 0 radical (unpaired) electrons. The number of ether oxygens (including phenoxy) is 1. The molecular formula is C19H23N3O3. The van der Waals surface area contributed by atoms with E-state index in [0.717, 1.165) is 30.6 Å². The Morgan fingerprint density at radius 3 is 2.48 bits per heavy atom. The van der Waals surface area contributed by atoms with Crippen molar-refractivity contribution in [3.05, 3.63) is 47.8 Å². The van der Waals surface area contributed by atoms with Gasteiger partial charge in [-0.1, -0.05) is 37.5 Å². The molecule has 1 aliphatic rings. The van der Waals surface area contributed by atoms with Gasteiger partial charge in [-0.05, 0) is 31.9 Å². The molecule has 1 aromatic carbocycles. The minimum absolute atomic E-state index is 0.285. The van der Waals surface area contributed by atoms with Gasteiger partial charge in [0.15, 0.2) is 0 Å². The van der Waals surface area contributed by atoms with Gasteiger partial charge in [-0.25, -0.2) is 9.48 Å². The summed E-state index contributed by atoms with van der Waals surface area (Å²) in [4.78, 5) is 25.1. The van der Waals surface area contributed by atoms with Crippen molar-refractivity contribution in [3.63, 3.8) is 0 Å². The number of para-hydroxylation sites is 1. The predicted molar refractivity (Wildman–Crippen MR) is 93.6 cm³/mol. The Labute approximate surface area is 147 Å². The fraction of sp³-hybridized carbons (Fsp3) is 0.421. The maximum atomic E-state index is 12.8. The van der Waals surface area contributed by atoms with Gasteiger partial charge in [0.25, 0.3) is 5.91 Å². The van der Waals surface area contributed by atoms with Crippen molar-refractivity contribution in [3.8, 4) is 5.69 Å². The zero-order chi connectivity index (χ0) is 17.9. The van der Waals surface area contributed by atoms with E-state index in [1.54, 1.807) is 10.9 Å². The number of rotatable bonds is 4. The molecule has 0 atom stereocenters. The van der Waals surface area contributed by atoms with Crippen LogP contribution in [0.15, 0.2) is 36.5 Å². The molecule has 132 valence electrons. The first-order valence-corrected chi connectivity index (χ1v) is 8.58. The molecule has 0 saturated heterocycles. The third kappa shape index (κ3) is 3.29. The van der Waals surface area contributed by atoms with Crippen molar-refractivity contribution in [1.29, 1.82) is 0 Å². The zero-order valence-corrected chi connectivity index (χ0v) is 14.6. The van der Waals surface area contributed by atoms with Crippen molar-refractivity contribution in [2.24, 2.45) is 0 Å². The van der Waals surface area contributed by atoms with Gasteiger partial charge in [-0.3, -0.25) is 4.79 Å². The molecule has 6 heteroatoms. The van der Waals surface area contributed by atoms with Gasteiger partial charge in [-0.2, -0.15) is 5.10 Å². The molecule has 1 aliphatic carbocycles. The highest BCUT2D eigenvalue weighted by Gasteiger charge is 2.42. The molecule has 0 spiro atoms. The van der Waals surface area contributed by atoms with Crippen LogP contribution in [0.5, 0.6) is 0 Å². The number of carbonyl (C=O) groups excluding carboxylic acids is 2. The molecule has 1 aromatic heterocycles. The van der Waals surface area contributed by atoms with E-state index < -0.39 is 5.54 Å². The Hall–Kier alpha value is -2.63. The van der Waals surface area contributed by atoms with Crippen molar-refractivity contribution in [1.82, 2.24) is 15.1 Å². The third-order valence-electron chi connectivity index (χ3n) is 4.89. The Balaban J connectivity index is 1.86. The van der Waals surface area contributed by atoms with Crippen LogP contribution < -0.4 is 5.32 Å². The summed E-state index contributed by atoms with van der Waals surface area (Å²) < 4.78 is 6.68. The van der Waals surface area contributed by atoms with E-state index in [1.807, 2.05) is 37.3 Å². The van der Waals surface area contributed by atoms with Crippen molar-refractivity contribution in [2.75, 3.05) is 7.11 Å². The fourth-order valence-corrected chi connectivity index (χ4v) is 3.48. The minimum atomic E-state index is -0.925. The topological polar surface area (TPSA) is 73.2 Å². The highest BCUT2D eigenvalue weighted by atomic mass is 16.5. The van der Waals surface area contributed by atoms with Gasteiger partial charge >= 0.3 is 5.97 Å². The largest absolute Gasteiger partial charge is 0.467 e.